The van der Waals surface area contributed by atoms with Crippen molar-refractivity contribution in [2.45, 2.75) is 58.8 Å². The summed E-state index contributed by atoms with van der Waals surface area (Å²) in [6.45, 7) is 5.02. The van der Waals surface area contributed by atoms with Gasteiger partial charge >= 0.3 is 0 Å². The first-order chi connectivity index (χ1) is 14.7. The minimum atomic E-state index is 0.731. The van der Waals surface area contributed by atoms with Crippen LogP contribution in [0.4, 0.5) is 11.4 Å². The van der Waals surface area contributed by atoms with Crippen LogP contribution in [0.15, 0.2) is 63.3 Å². The van der Waals surface area contributed by atoms with E-state index < -0.39 is 0 Å². The van der Waals surface area contributed by atoms with E-state index in [0.29, 0.717) is 0 Å². The summed E-state index contributed by atoms with van der Waals surface area (Å²) in [7, 11) is 0. The lowest BCUT2D eigenvalue weighted by atomic mass is 10.1. The van der Waals surface area contributed by atoms with Gasteiger partial charge in [-0.3, -0.25) is 0 Å². The zero-order chi connectivity index (χ0) is 21.4. The fourth-order valence-corrected chi connectivity index (χ4v) is 3.26. The molecule has 0 saturated heterocycles. The highest BCUT2D eigenvalue weighted by molar-refractivity contribution is 9.10. The molecule has 0 aliphatic heterocycles. The summed E-state index contributed by atoms with van der Waals surface area (Å²) >= 11 is 3.51. The molecular weight excluding hydrogens is 434 g/mol. The maximum Gasteiger partial charge on any atom is 0.103 e. The summed E-state index contributed by atoms with van der Waals surface area (Å²) in [5, 5.41) is 10.7. The molecule has 0 fully saturated rings. The van der Waals surface area contributed by atoms with E-state index in [1.807, 2.05) is 60.5 Å². The maximum absolute atomic E-state index is 4.44. The number of para-hydroxylation sites is 1. The second-order valence-corrected chi connectivity index (χ2v) is 7.89. The second-order valence-electron chi connectivity index (χ2n) is 6.97. The Hall–Kier alpha value is -2.56. The number of hydrogen-bond donors (Lipinski definition) is 0. The zero-order valence-electron chi connectivity index (χ0n) is 18.0. The van der Waals surface area contributed by atoms with Gasteiger partial charge in [0.15, 0.2) is 0 Å². The van der Waals surface area contributed by atoms with Crippen molar-refractivity contribution < 1.29 is 0 Å². The molecule has 156 valence electrons. The molecule has 0 unspecified atom stereocenters. The molecule has 4 heteroatoms. The smallest absolute Gasteiger partial charge is 0.103 e. The highest BCUT2D eigenvalue weighted by atomic mass is 79.9. The first kappa shape index (κ1) is 23.7. The van der Waals surface area contributed by atoms with Crippen molar-refractivity contribution in [3.63, 3.8) is 0 Å². The number of benzene rings is 2. The summed E-state index contributed by atoms with van der Waals surface area (Å²) < 4.78 is 0.959. The van der Waals surface area contributed by atoms with Crippen LogP contribution in [-0.4, -0.2) is 6.54 Å². The van der Waals surface area contributed by atoms with Gasteiger partial charge in [-0.1, -0.05) is 90.2 Å². The van der Waals surface area contributed by atoms with Gasteiger partial charge < -0.3 is 0 Å². The highest BCUT2D eigenvalue weighted by Crippen LogP contribution is 2.24. The predicted molar refractivity (Wildman–Crippen MR) is 131 cm³/mol. The molecule has 2 rings (SSSR count). The predicted octanol–water partition coefficient (Wildman–Crippen LogP) is 8.08. The molecule has 0 spiro atoms. The lowest BCUT2D eigenvalue weighted by Gasteiger charge is -2.14. The number of halogens is 1. The topological polar surface area (TPSA) is 28.0 Å². The van der Waals surface area contributed by atoms with Crippen LogP contribution in [0.2, 0.25) is 0 Å². The molecule has 0 aliphatic rings. The lowest BCUT2D eigenvalue weighted by molar-refractivity contribution is 0.614. The van der Waals surface area contributed by atoms with Crippen LogP contribution in [0, 0.1) is 23.7 Å². The van der Waals surface area contributed by atoms with E-state index >= 15 is 0 Å². The van der Waals surface area contributed by atoms with Crippen LogP contribution in [0.1, 0.15) is 64.4 Å². The van der Waals surface area contributed by atoms with E-state index in [-0.39, 0.29) is 0 Å². The third-order valence-corrected chi connectivity index (χ3v) is 5.07. The Bertz CT molecular complexity index is 914. The molecule has 0 bridgehead atoms. The van der Waals surface area contributed by atoms with Crippen molar-refractivity contribution >= 4 is 27.3 Å². The van der Waals surface area contributed by atoms with Gasteiger partial charge in [-0.15, -0.1) is 5.11 Å². The van der Waals surface area contributed by atoms with E-state index in [1.54, 1.807) is 0 Å². The van der Waals surface area contributed by atoms with Crippen LogP contribution in [0.5, 0.6) is 0 Å². The monoisotopic (exact) mass is 463 g/mol. The fraction of sp³-hybridized carbons (Fsp3) is 0.385. The quantitative estimate of drug-likeness (QED) is 0.151. The largest absolute Gasteiger partial charge is 0.247 e. The third kappa shape index (κ3) is 8.85. The van der Waals surface area contributed by atoms with Crippen LogP contribution in [-0.2, 0) is 0 Å². The Balaban J connectivity index is 1.99. The molecule has 2 aromatic rings. The molecular formula is C26H30BrN3. The molecule has 0 aliphatic carbocycles. The number of rotatable bonds is 10. The van der Waals surface area contributed by atoms with Crippen LogP contribution in [0.25, 0.3) is 0 Å². The average molecular weight is 464 g/mol. The number of nitrogens with zero attached hydrogens (tertiary/aromatic N) is 3. The van der Waals surface area contributed by atoms with E-state index in [9.17, 15) is 0 Å². The lowest BCUT2D eigenvalue weighted by Crippen LogP contribution is -2.13. The Kier molecular flexibility index (Phi) is 11.4. The average Bonchev–Trinajstić information content (AvgIpc) is 2.77. The van der Waals surface area contributed by atoms with Gasteiger partial charge in [0, 0.05) is 17.4 Å². The van der Waals surface area contributed by atoms with Gasteiger partial charge in [0.05, 0.1) is 11.3 Å². The van der Waals surface area contributed by atoms with Gasteiger partial charge in [-0.25, -0.2) is 5.01 Å². The second kappa shape index (κ2) is 14.4. The summed E-state index contributed by atoms with van der Waals surface area (Å²) in [6.07, 6.45) is 8.60. The molecule has 0 N–H and O–H groups in total. The number of anilines is 1. The SMILES string of the molecule is CCCCCCCCC#CC#Cc1cc(Br)ccc1N=NN(CC)c1ccccc1. The standard InChI is InChI=1S/C26H30BrN3/c1-3-5-6-7-8-9-10-11-12-14-17-23-22-24(27)20-21-26(23)28-29-30(4-2)25-18-15-13-16-19-25/h13,15-16,18-22H,3-10H2,1-2H3. The Morgan fingerprint density at radius 1 is 0.900 bits per heavy atom. The van der Waals surface area contributed by atoms with Crippen molar-refractivity contribution in [2.24, 2.45) is 10.3 Å². The van der Waals surface area contributed by atoms with Gasteiger partial charge in [0.1, 0.15) is 5.69 Å². The number of hydrogen-bond acceptors (Lipinski definition) is 2. The van der Waals surface area contributed by atoms with E-state index in [1.165, 1.54) is 32.1 Å². The van der Waals surface area contributed by atoms with Crippen LogP contribution in [0.3, 0.4) is 0 Å². The van der Waals surface area contributed by atoms with Crippen molar-refractivity contribution in [1.29, 1.82) is 0 Å². The minimum absolute atomic E-state index is 0.731. The van der Waals surface area contributed by atoms with Crippen LogP contribution >= 0.6 is 15.9 Å². The van der Waals surface area contributed by atoms with Crippen LogP contribution < -0.4 is 5.01 Å². The first-order valence-corrected chi connectivity index (χ1v) is 11.6. The molecule has 0 heterocycles. The summed E-state index contributed by atoms with van der Waals surface area (Å²) in [4.78, 5) is 0. The summed E-state index contributed by atoms with van der Waals surface area (Å²) in [6, 6.07) is 15.8. The molecule has 0 radical (unpaired) electrons. The molecule has 0 atom stereocenters. The van der Waals surface area contributed by atoms with Crippen molar-refractivity contribution in [1.82, 2.24) is 0 Å². The normalized spacial score (nSPS) is 10.2. The van der Waals surface area contributed by atoms with Gasteiger partial charge in [-0.2, -0.15) is 0 Å². The minimum Gasteiger partial charge on any atom is -0.247 e. The van der Waals surface area contributed by atoms with Gasteiger partial charge in [-0.05, 0) is 55.5 Å². The zero-order valence-corrected chi connectivity index (χ0v) is 19.6. The Labute approximate surface area is 190 Å². The molecule has 3 nitrogen and oxygen atoms in total. The third-order valence-electron chi connectivity index (χ3n) is 4.58. The number of unbranched alkanes of at least 4 members (excludes halogenated alkanes) is 6. The van der Waals surface area contributed by atoms with Gasteiger partial charge in [0.25, 0.3) is 0 Å². The van der Waals surface area contributed by atoms with Crippen molar-refractivity contribution in [3.8, 4) is 23.7 Å². The van der Waals surface area contributed by atoms with E-state index in [4.69, 9.17) is 0 Å². The molecule has 30 heavy (non-hydrogen) atoms. The maximum atomic E-state index is 4.44. The molecule has 0 saturated carbocycles. The fourth-order valence-electron chi connectivity index (χ4n) is 2.89. The molecule has 0 amide bonds. The Morgan fingerprint density at radius 2 is 1.67 bits per heavy atom. The summed E-state index contributed by atoms with van der Waals surface area (Å²) in [5.41, 5.74) is 2.55. The van der Waals surface area contributed by atoms with E-state index in [2.05, 4.69) is 56.9 Å². The molecule has 2 aromatic carbocycles. The summed E-state index contributed by atoms with van der Waals surface area (Å²) in [5.74, 6) is 12.2. The highest BCUT2D eigenvalue weighted by Gasteiger charge is 2.04. The van der Waals surface area contributed by atoms with Crippen molar-refractivity contribution in [2.75, 3.05) is 11.6 Å². The first-order valence-electron chi connectivity index (χ1n) is 10.8. The van der Waals surface area contributed by atoms with Crippen molar-refractivity contribution in [3.05, 3.63) is 58.6 Å². The van der Waals surface area contributed by atoms with Gasteiger partial charge in [0.2, 0.25) is 0 Å². The van der Waals surface area contributed by atoms with E-state index in [0.717, 1.165) is 40.8 Å². The molecule has 0 aromatic heterocycles. The Morgan fingerprint density at radius 3 is 2.43 bits per heavy atom.